The van der Waals surface area contributed by atoms with Crippen LogP contribution in [0.5, 0.6) is 0 Å². The van der Waals surface area contributed by atoms with E-state index in [1.807, 2.05) is 17.0 Å². The highest BCUT2D eigenvalue weighted by atomic mass is 16.5. The van der Waals surface area contributed by atoms with Crippen LogP contribution in [0.1, 0.15) is 35.7 Å². The molecule has 0 saturated carbocycles. The summed E-state index contributed by atoms with van der Waals surface area (Å²) >= 11 is 0. The van der Waals surface area contributed by atoms with Crippen LogP contribution in [0.3, 0.4) is 0 Å². The average Bonchev–Trinajstić information content (AvgIpc) is 2.80. The molecule has 2 aromatic carbocycles. The summed E-state index contributed by atoms with van der Waals surface area (Å²) in [5.41, 5.74) is 2.34. The Morgan fingerprint density at radius 1 is 1.13 bits per heavy atom. The first-order valence-corrected chi connectivity index (χ1v) is 10.6. The number of hydrogen-bond acceptors (Lipinski definition) is 5. The quantitative estimate of drug-likeness (QED) is 0.415. The zero-order valence-corrected chi connectivity index (χ0v) is 17.7. The van der Waals surface area contributed by atoms with Crippen LogP contribution in [0.2, 0.25) is 0 Å². The van der Waals surface area contributed by atoms with Gasteiger partial charge in [0.2, 0.25) is 0 Å². The Hall–Kier alpha value is -3.59. The normalized spacial score (nSPS) is 14.6. The minimum atomic E-state index is -0.460. The van der Waals surface area contributed by atoms with E-state index in [4.69, 9.17) is 4.74 Å². The van der Waals surface area contributed by atoms with Crippen LogP contribution in [0.4, 0.5) is 5.69 Å². The van der Waals surface area contributed by atoms with Gasteiger partial charge < -0.3 is 15.0 Å². The van der Waals surface area contributed by atoms with Gasteiger partial charge in [0.05, 0.1) is 12.2 Å². The Labute approximate surface area is 183 Å². The summed E-state index contributed by atoms with van der Waals surface area (Å²) in [4.78, 5) is 26.3. The summed E-state index contributed by atoms with van der Waals surface area (Å²) in [6.07, 6.45) is 4.77. The van der Waals surface area contributed by atoms with Crippen molar-refractivity contribution in [3.63, 3.8) is 0 Å². The van der Waals surface area contributed by atoms with E-state index in [9.17, 15) is 14.9 Å². The third-order valence-electron chi connectivity index (χ3n) is 5.35. The van der Waals surface area contributed by atoms with Crippen molar-refractivity contribution in [2.24, 2.45) is 5.92 Å². The van der Waals surface area contributed by atoms with Gasteiger partial charge in [-0.05, 0) is 61.9 Å². The maximum absolute atomic E-state index is 12.5. The summed E-state index contributed by atoms with van der Waals surface area (Å²) in [5, 5.41) is 12.2. The van der Waals surface area contributed by atoms with E-state index in [2.05, 4.69) is 29.6 Å². The minimum absolute atomic E-state index is 0.0657. The summed E-state index contributed by atoms with van der Waals surface area (Å²) < 4.78 is 4.95. The number of ether oxygens (including phenoxy) is 1. The highest BCUT2D eigenvalue weighted by Crippen LogP contribution is 2.22. The molecule has 160 valence electrons. The first-order chi connectivity index (χ1) is 15.1. The Kier molecular flexibility index (Phi) is 7.83. The number of amides is 1. The highest BCUT2D eigenvalue weighted by Gasteiger charge is 2.19. The van der Waals surface area contributed by atoms with Crippen molar-refractivity contribution in [1.29, 1.82) is 5.26 Å². The van der Waals surface area contributed by atoms with Crippen molar-refractivity contribution in [1.82, 2.24) is 4.90 Å². The smallest absolute Gasteiger partial charge is 0.338 e. The van der Waals surface area contributed by atoms with Gasteiger partial charge in [-0.15, -0.1) is 0 Å². The van der Waals surface area contributed by atoms with E-state index in [0.717, 1.165) is 32.4 Å². The summed E-state index contributed by atoms with van der Waals surface area (Å²) in [6.45, 7) is 3.69. The van der Waals surface area contributed by atoms with Crippen LogP contribution in [0.25, 0.3) is 0 Å². The molecule has 0 bridgehead atoms. The summed E-state index contributed by atoms with van der Waals surface area (Å²) in [6, 6.07) is 18.9. The van der Waals surface area contributed by atoms with Crippen LogP contribution in [-0.2, 0) is 16.0 Å². The van der Waals surface area contributed by atoms with E-state index in [1.165, 1.54) is 5.56 Å². The first kappa shape index (κ1) is 22.1. The van der Waals surface area contributed by atoms with E-state index >= 15 is 0 Å². The number of anilines is 1. The number of nitriles is 1. The van der Waals surface area contributed by atoms with Crippen LogP contribution in [0, 0.1) is 17.2 Å². The van der Waals surface area contributed by atoms with Crippen LogP contribution in [0.15, 0.2) is 66.4 Å². The molecule has 1 amide bonds. The maximum Gasteiger partial charge on any atom is 0.338 e. The SMILES string of the molecule is CCOC(=O)c1ccc(NC(=O)/C(C#N)=C\N2CCC(Cc3ccccc3)CC2)cc1. The Morgan fingerprint density at radius 3 is 2.42 bits per heavy atom. The standard InChI is InChI=1S/C25H27N3O3/c1-2-31-25(30)21-8-10-23(11-9-21)27-24(29)22(17-26)18-28-14-12-20(13-15-28)16-19-6-4-3-5-7-19/h3-11,18,20H,2,12-16H2,1H3,(H,27,29)/b22-18-. The van der Waals surface area contributed by atoms with Crippen molar-refractivity contribution in [2.45, 2.75) is 26.2 Å². The van der Waals surface area contributed by atoms with Crippen LogP contribution in [-0.4, -0.2) is 36.5 Å². The van der Waals surface area contributed by atoms with E-state index < -0.39 is 11.9 Å². The molecule has 0 unspecified atom stereocenters. The lowest BCUT2D eigenvalue weighted by molar-refractivity contribution is -0.112. The second kappa shape index (κ2) is 11.0. The van der Waals surface area contributed by atoms with E-state index in [-0.39, 0.29) is 5.57 Å². The molecule has 31 heavy (non-hydrogen) atoms. The third kappa shape index (κ3) is 6.45. The summed E-state index contributed by atoms with van der Waals surface area (Å²) in [7, 11) is 0. The maximum atomic E-state index is 12.5. The molecular formula is C25H27N3O3. The molecule has 1 saturated heterocycles. The minimum Gasteiger partial charge on any atom is -0.462 e. The molecule has 0 spiro atoms. The van der Waals surface area contributed by atoms with Crippen LogP contribution < -0.4 is 5.32 Å². The predicted molar refractivity (Wildman–Crippen MR) is 119 cm³/mol. The number of nitrogens with one attached hydrogen (secondary N) is 1. The Balaban J connectivity index is 1.53. The Bertz CT molecular complexity index is 954. The van der Waals surface area contributed by atoms with Gasteiger partial charge in [-0.1, -0.05) is 30.3 Å². The molecule has 3 rings (SSSR count). The lowest BCUT2D eigenvalue weighted by atomic mass is 9.90. The largest absolute Gasteiger partial charge is 0.462 e. The number of carbonyl (C=O) groups excluding carboxylic acids is 2. The average molecular weight is 418 g/mol. The molecule has 6 heteroatoms. The van der Waals surface area contributed by atoms with Gasteiger partial charge in [-0.3, -0.25) is 4.79 Å². The fourth-order valence-electron chi connectivity index (χ4n) is 3.66. The van der Waals surface area contributed by atoms with Gasteiger partial charge in [0.25, 0.3) is 5.91 Å². The van der Waals surface area contributed by atoms with Crippen molar-refractivity contribution < 1.29 is 14.3 Å². The van der Waals surface area contributed by atoms with Crippen molar-refractivity contribution in [3.05, 3.63) is 77.5 Å². The number of esters is 1. The monoisotopic (exact) mass is 417 g/mol. The third-order valence-corrected chi connectivity index (χ3v) is 5.35. The van der Waals surface area contributed by atoms with Crippen molar-refractivity contribution in [2.75, 3.05) is 25.0 Å². The van der Waals surface area contributed by atoms with Crippen LogP contribution >= 0.6 is 0 Å². The number of nitrogens with zero attached hydrogens (tertiary/aromatic N) is 2. The fourth-order valence-corrected chi connectivity index (χ4v) is 3.66. The van der Waals surface area contributed by atoms with E-state index in [0.29, 0.717) is 23.8 Å². The molecule has 1 aliphatic heterocycles. The van der Waals surface area contributed by atoms with E-state index in [1.54, 1.807) is 37.4 Å². The molecule has 0 atom stereocenters. The second-order valence-corrected chi connectivity index (χ2v) is 7.58. The Morgan fingerprint density at radius 2 is 1.81 bits per heavy atom. The van der Waals surface area contributed by atoms with Gasteiger partial charge >= 0.3 is 5.97 Å². The number of rotatable bonds is 7. The zero-order chi connectivity index (χ0) is 22.1. The number of carbonyl (C=O) groups is 2. The number of benzene rings is 2. The van der Waals surface area contributed by atoms with Gasteiger partial charge in [0.15, 0.2) is 0 Å². The topological polar surface area (TPSA) is 82.4 Å². The molecule has 1 fully saturated rings. The number of likely N-dealkylation sites (tertiary alicyclic amines) is 1. The molecule has 2 aromatic rings. The molecule has 1 heterocycles. The molecule has 1 aliphatic rings. The second-order valence-electron chi connectivity index (χ2n) is 7.58. The van der Waals surface area contributed by atoms with Gasteiger partial charge in [-0.2, -0.15) is 5.26 Å². The van der Waals surface area contributed by atoms with Crippen molar-refractivity contribution in [3.8, 4) is 6.07 Å². The fraction of sp³-hybridized carbons (Fsp3) is 0.320. The van der Waals surface area contributed by atoms with Crippen molar-refractivity contribution >= 4 is 17.6 Å². The number of hydrogen-bond donors (Lipinski definition) is 1. The highest BCUT2D eigenvalue weighted by molar-refractivity contribution is 6.06. The molecule has 0 radical (unpaired) electrons. The first-order valence-electron chi connectivity index (χ1n) is 10.6. The lowest BCUT2D eigenvalue weighted by Crippen LogP contribution is -2.31. The molecular weight excluding hydrogens is 390 g/mol. The van der Waals surface area contributed by atoms with Gasteiger partial charge in [0.1, 0.15) is 11.6 Å². The lowest BCUT2D eigenvalue weighted by Gasteiger charge is -2.31. The number of piperidine rings is 1. The molecule has 0 aliphatic carbocycles. The van der Waals surface area contributed by atoms with Gasteiger partial charge in [-0.25, -0.2) is 4.79 Å². The predicted octanol–water partition coefficient (Wildman–Crippen LogP) is 4.16. The molecule has 1 N–H and O–H groups in total. The molecule has 0 aromatic heterocycles. The summed E-state index contributed by atoms with van der Waals surface area (Å²) in [5.74, 6) is -0.254. The molecule has 6 nitrogen and oxygen atoms in total. The van der Waals surface area contributed by atoms with Gasteiger partial charge in [0, 0.05) is 25.0 Å². The zero-order valence-electron chi connectivity index (χ0n) is 17.7.